The molecule has 4 aromatic carbocycles. The molecule has 0 radical (unpaired) electrons. The quantitative estimate of drug-likeness (QED) is 0.0987. The number of ether oxygens (including phenoxy) is 6. The Labute approximate surface area is 253 Å². The normalized spacial score (nSPS) is 13.0. The van der Waals surface area contributed by atoms with Gasteiger partial charge < -0.3 is 32.8 Å². The zero-order chi connectivity index (χ0) is 30.8. The van der Waals surface area contributed by atoms with Crippen LogP contribution in [0.3, 0.4) is 0 Å². The van der Waals surface area contributed by atoms with Crippen molar-refractivity contribution >= 4 is 28.8 Å². The van der Waals surface area contributed by atoms with Crippen LogP contribution < -0.4 is 28.4 Å². The number of benzene rings is 4. The number of carbonyl (C=O) groups excluding carboxylic acids is 2. The molecule has 1 aliphatic rings. The summed E-state index contributed by atoms with van der Waals surface area (Å²) in [6, 6.07) is 22.6. The van der Waals surface area contributed by atoms with Gasteiger partial charge in [0.2, 0.25) is 5.78 Å². The monoisotopic (exact) mass is 592 g/mol. The van der Waals surface area contributed by atoms with Crippen molar-refractivity contribution in [3.8, 4) is 45.8 Å². The average molecular weight is 593 g/mol. The molecule has 0 atom stereocenters. The number of ketones is 1. The molecule has 0 N–H and O–H groups in total. The Balaban J connectivity index is 1.32. The summed E-state index contributed by atoms with van der Waals surface area (Å²) in [5.74, 6) is 1.95. The Morgan fingerprint density at radius 3 is 2.27 bits per heavy atom. The Bertz CT molecular complexity index is 1920. The lowest BCUT2D eigenvalue weighted by Crippen LogP contribution is -2.09. The van der Waals surface area contributed by atoms with Crippen molar-refractivity contribution in [2.75, 3.05) is 27.9 Å². The standard InChI is InChI=1S/C35H28O9/c1-5-41-22-12-14-26-25(17-22)32(34(44-26)20-9-7-6-8-10-20)35(37)42-23-11-13-24-28(18-23)43-31(33(24)36)16-21-15-29(39-3)30(40-4)19-27(21)38-2/h6-19H,5H2,1-4H3/b31-16-. The molecule has 0 unspecified atom stereocenters. The summed E-state index contributed by atoms with van der Waals surface area (Å²) >= 11 is 0. The molecule has 222 valence electrons. The zero-order valence-electron chi connectivity index (χ0n) is 24.5. The molecule has 0 bridgehead atoms. The largest absolute Gasteiger partial charge is 0.496 e. The summed E-state index contributed by atoms with van der Waals surface area (Å²) < 4.78 is 39.8. The van der Waals surface area contributed by atoms with Gasteiger partial charge in [0.15, 0.2) is 17.3 Å². The van der Waals surface area contributed by atoms with E-state index >= 15 is 0 Å². The van der Waals surface area contributed by atoms with Gasteiger partial charge in [-0.1, -0.05) is 30.3 Å². The Morgan fingerprint density at radius 2 is 1.55 bits per heavy atom. The minimum atomic E-state index is -0.633. The second kappa shape index (κ2) is 11.9. The second-order valence-electron chi connectivity index (χ2n) is 9.70. The Morgan fingerprint density at radius 1 is 0.818 bits per heavy atom. The number of rotatable bonds is 9. The fourth-order valence-electron chi connectivity index (χ4n) is 5.02. The lowest BCUT2D eigenvalue weighted by molar-refractivity contribution is 0.0736. The van der Waals surface area contributed by atoms with Gasteiger partial charge >= 0.3 is 5.97 Å². The van der Waals surface area contributed by atoms with Crippen molar-refractivity contribution in [1.29, 1.82) is 0 Å². The highest BCUT2D eigenvalue weighted by Crippen LogP contribution is 2.40. The van der Waals surface area contributed by atoms with Crippen LogP contribution >= 0.6 is 0 Å². The molecule has 1 aliphatic heterocycles. The topological polar surface area (TPSA) is 103 Å². The number of fused-ring (bicyclic) bond motifs is 2. The highest BCUT2D eigenvalue weighted by atomic mass is 16.5. The van der Waals surface area contributed by atoms with E-state index in [0.29, 0.717) is 57.5 Å². The molecule has 0 spiro atoms. The zero-order valence-corrected chi connectivity index (χ0v) is 24.5. The number of hydrogen-bond donors (Lipinski definition) is 0. The maximum absolute atomic E-state index is 13.7. The maximum Gasteiger partial charge on any atom is 0.348 e. The first kappa shape index (κ1) is 28.4. The van der Waals surface area contributed by atoms with Gasteiger partial charge in [-0.05, 0) is 49.4 Å². The third-order valence-corrected chi connectivity index (χ3v) is 7.09. The summed E-state index contributed by atoms with van der Waals surface area (Å²) in [5, 5.41) is 0.557. The number of allylic oxidation sites excluding steroid dienone is 1. The predicted molar refractivity (Wildman–Crippen MR) is 163 cm³/mol. The highest BCUT2D eigenvalue weighted by molar-refractivity contribution is 6.15. The van der Waals surface area contributed by atoms with E-state index in [9.17, 15) is 9.59 Å². The van der Waals surface area contributed by atoms with Gasteiger partial charge in [-0.3, -0.25) is 4.79 Å². The number of furan rings is 1. The summed E-state index contributed by atoms with van der Waals surface area (Å²) in [6.07, 6.45) is 1.56. The number of hydrogen-bond acceptors (Lipinski definition) is 9. The average Bonchev–Trinajstić information content (AvgIpc) is 3.58. The van der Waals surface area contributed by atoms with Crippen molar-refractivity contribution in [3.63, 3.8) is 0 Å². The molecule has 0 amide bonds. The van der Waals surface area contributed by atoms with Crippen LogP contribution in [0.15, 0.2) is 89.0 Å². The van der Waals surface area contributed by atoms with E-state index in [1.807, 2.05) is 37.3 Å². The van der Waals surface area contributed by atoms with Crippen molar-refractivity contribution in [2.24, 2.45) is 0 Å². The summed E-state index contributed by atoms with van der Waals surface area (Å²) in [6.45, 7) is 2.35. The van der Waals surface area contributed by atoms with Crippen LogP contribution in [0.1, 0.15) is 33.2 Å². The Hall–Kier alpha value is -5.70. The minimum absolute atomic E-state index is 0.0737. The van der Waals surface area contributed by atoms with Crippen LogP contribution in [0.5, 0.6) is 34.5 Å². The third-order valence-electron chi connectivity index (χ3n) is 7.09. The van der Waals surface area contributed by atoms with Gasteiger partial charge in [0.25, 0.3) is 0 Å². The van der Waals surface area contributed by atoms with Gasteiger partial charge in [0.1, 0.15) is 39.9 Å². The lowest BCUT2D eigenvalue weighted by Gasteiger charge is -2.12. The summed E-state index contributed by atoms with van der Waals surface area (Å²) in [4.78, 5) is 26.9. The molecule has 0 saturated heterocycles. The SMILES string of the molecule is CCOc1ccc2oc(-c3ccccc3)c(C(=O)Oc3ccc4c(c3)O/C(=C\c3cc(OC)c(OC)cc3OC)C4=O)c2c1. The van der Waals surface area contributed by atoms with E-state index in [-0.39, 0.29) is 28.6 Å². The van der Waals surface area contributed by atoms with Gasteiger partial charge in [-0.15, -0.1) is 0 Å². The van der Waals surface area contributed by atoms with E-state index in [1.54, 1.807) is 48.5 Å². The molecule has 6 rings (SSSR count). The van der Waals surface area contributed by atoms with Crippen LogP contribution in [0, 0.1) is 0 Å². The van der Waals surface area contributed by atoms with Crippen LogP contribution in [0.2, 0.25) is 0 Å². The van der Waals surface area contributed by atoms with E-state index < -0.39 is 5.97 Å². The van der Waals surface area contributed by atoms with E-state index in [0.717, 1.165) is 5.56 Å². The van der Waals surface area contributed by atoms with Crippen molar-refractivity contribution in [1.82, 2.24) is 0 Å². The van der Waals surface area contributed by atoms with Crippen molar-refractivity contribution < 1.29 is 42.4 Å². The maximum atomic E-state index is 13.7. The smallest absolute Gasteiger partial charge is 0.348 e. The van der Waals surface area contributed by atoms with E-state index in [2.05, 4.69) is 0 Å². The minimum Gasteiger partial charge on any atom is -0.496 e. The van der Waals surface area contributed by atoms with Gasteiger partial charge in [-0.2, -0.15) is 0 Å². The molecule has 0 fully saturated rings. The van der Waals surface area contributed by atoms with E-state index in [1.165, 1.54) is 27.4 Å². The van der Waals surface area contributed by atoms with Gasteiger partial charge in [-0.25, -0.2) is 4.79 Å². The molecular formula is C35H28O9. The van der Waals surface area contributed by atoms with Crippen molar-refractivity contribution in [3.05, 3.63) is 101 Å². The first-order chi connectivity index (χ1) is 21.4. The number of methoxy groups -OCH3 is 3. The molecular weight excluding hydrogens is 564 g/mol. The molecule has 9 nitrogen and oxygen atoms in total. The van der Waals surface area contributed by atoms with E-state index in [4.69, 9.17) is 32.8 Å². The summed E-state index contributed by atoms with van der Waals surface area (Å²) in [5.41, 5.74) is 2.38. The highest BCUT2D eigenvalue weighted by Gasteiger charge is 2.30. The third kappa shape index (κ3) is 5.20. The molecule has 1 aromatic heterocycles. The molecule has 0 saturated carbocycles. The second-order valence-corrected chi connectivity index (χ2v) is 9.70. The molecule has 9 heteroatoms. The predicted octanol–water partition coefficient (Wildman–Crippen LogP) is 7.36. The number of esters is 1. The molecule has 44 heavy (non-hydrogen) atoms. The fourth-order valence-corrected chi connectivity index (χ4v) is 5.02. The van der Waals surface area contributed by atoms with Crippen molar-refractivity contribution in [2.45, 2.75) is 6.92 Å². The van der Waals surface area contributed by atoms with Crippen LogP contribution in [-0.4, -0.2) is 39.7 Å². The van der Waals surface area contributed by atoms with Gasteiger partial charge in [0.05, 0.1) is 33.5 Å². The number of Topliss-reactive ketones (excluding diaryl/α,β-unsaturated/α-hetero) is 1. The first-order valence-electron chi connectivity index (χ1n) is 13.8. The summed E-state index contributed by atoms with van der Waals surface area (Å²) in [7, 11) is 4.56. The first-order valence-corrected chi connectivity index (χ1v) is 13.8. The molecule has 2 heterocycles. The van der Waals surface area contributed by atoms with Crippen LogP contribution in [0.4, 0.5) is 0 Å². The van der Waals surface area contributed by atoms with Crippen LogP contribution in [0.25, 0.3) is 28.4 Å². The molecule has 5 aromatic rings. The van der Waals surface area contributed by atoms with Crippen LogP contribution in [-0.2, 0) is 0 Å². The van der Waals surface area contributed by atoms with Gasteiger partial charge in [0, 0.05) is 28.6 Å². The lowest BCUT2D eigenvalue weighted by atomic mass is 10.1. The number of carbonyl (C=O) groups is 2. The molecule has 0 aliphatic carbocycles. The fraction of sp³-hybridized carbons (Fsp3) is 0.143. The Kier molecular flexibility index (Phi) is 7.68.